The number of aliphatic hydroxyl groups is 1. The summed E-state index contributed by atoms with van der Waals surface area (Å²) in [7, 11) is -3.52. The van der Waals surface area contributed by atoms with E-state index in [0.717, 1.165) is 24.2 Å². The monoisotopic (exact) mass is 327 g/mol. The van der Waals surface area contributed by atoms with Gasteiger partial charge in [-0.05, 0) is 62.8 Å². The molecular weight excluding hydrogens is 302 g/mol. The molecule has 0 radical (unpaired) electrons. The van der Waals surface area contributed by atoms with Crippen LogP contribution in [0.5, 0.6) is 5.75 Å². The first-order chi connectivity index (χ1) is 10.4. The van der Waals surface area contributed by atoms with E-state index in [1.165, 1.54) is 4.31 Å². The molecule has 0 aliphatic carbocycles. The summed E-state index contributed by atoms with van der Waals surface area (Å²) in [5, 5.41) is 9.30. The Labute approximate surface area is 133 Å². The number of aryl methyl sites for hydroxylation is 2. The summed E-state index contributed by atoms with van der Waals surface area (Å²) >= 11 is 0. The normalized spacial score (nSPS) is 20.1. The number of rotatable bonds is 5. The highest BCUT2D eigenvalue weighted by molar-refractivity contribution is 7.89. The van der Waals surface area contributed by atoms with Crippen molar-refractivity contribution in [1.29, 1.82) is 0 Å². The molecule has 1 unspecified atom stereocenters. The summed E-state index contributed by atoms with van der Waals surface area (Å²) in [4.78, 5) is 0.340. The zero-order chi connectivity index (χ0) is 16.3. The lowest BCUT2D eigenvalue weighted by Crippen LogP contribution is -2.41. The van der Waals surface area contributed by atoms with Gasteiger partial charge in [0.05, 0.1) is 11.5 Å². The molecule has 6 heteroatoms. The molecule has 0 bridgehead atoms. The zero-order valence-corrected chi connectivity index (χ0v) is 14.3. The molecule has 1 aliphatic heterocycles. The molecule has 1 atom stereocenters. The largest absolute Gasteiger partial charge is 0.494 e. The van der Waals surface area contributed by atoms with E-state index in [-0.39, 0.29) is 12.5 Å². The summed E-state index contributed by atoms with van der Waals surface area (Å²) in [5.41, 5.74) is 1.52. The van der Waals surface area contributed by atoms with Gasteiger partial charge in [0.1, 0.15) is 5.75 Å². The van der Waals surface area contributed by atoms with E-state index in [1.54, 1.807) is 19.1 Å². The van der Waals surface area contributed by atoms with Crippen LogP contribution in [0.1, 0.15) is 30.9 Å². The van der Waals surface area contributed by atoms with Crippen molar-refractivity contribution in [1.82, 2.24) is 4.31 Å². The molecule has 0 spiro atoms. The lowest BCUT2D eigenvalue weighted by atomic mass is 10.0. The number of aliphatic hydroxyl groups excluding tert-OH is 1. The van der Waals surface area contributed by atoms with Crippen molar-refractivity contribution in [3.63, 3.8) is 0 Å². The van der Waals surface area contributed by atoms with Crippen LogP contribution < -0.4 is 4.74 Å². The lowest BCUT2D eigenvalue weighted by molar-refractivity contribution is 0.165. The molecule has 1 fully saturated rings. The molecule has 1 aliphatic rings. The van der Waals surface area contributed by atoms with Crippen molar-refractivity contribution >= 4 is 10.0 Å². The molecule has 5 nitrogen and oxygen atoms in total. The minimum absolute atomic E-state index is 0.0348. The molecule has 0 amide bonds. The first-order valence-electron chi connectivity index (χ1n) is 7.75. The van der Waals surface area contributed by atoms with Gasteiger partial charge in [0.15, 0.2) is 0 Å². The van der Waals surface area contributed by atoms with Crippen molar-refractivity contribution in [2.24, 2.45) is 5.92 Å². The fourth-order valence-corrected chi connectivity index (χ4v) is 4.73. The van der Waals surface area contributed by atoms with Gasteiger partial charge >= 0.3 is 0 Å². The fourth-order valence-electron chi connectivity index (χ4n) is 2.89. The molecule has 124 valence electrons. The first-order valence-corrected chi connectivity index (χ1v) is 9.19. The van der Waals surface area contributed by atoms with Gasteiger partial charge in [0.2, 0.25) is 10.0 Å². The first kappa shape index (κ1) is 17.2. The summed E-state index contributed by atoms with van der Waals surface area (Å²) in [5.74, 6) is 0.762. The fraction of sp³-hybridized carbons (Fsp3) is 0.625. The molecule has 1 aromatic rings. The van der Waals surface area contributed by atoms with Crippen molar-refractivity contribution in [3.05, 3.63) is 23.3 Å². The summed E-state index contributed by atoms with van der Waals surface area (Å²) in [6.45, 7) is 7.06. The van der Waals surface area contributed by atoms with Crippen LogP contribution in [0, 0.1) is 19.8 Å². The maximum Gasteiger partial charge on any atom is 0.243 e. The summed E-state index contributed by atoms with van der Waals surface area (Å²) in [6.07, 6.45) is 1.67. The second-order valence-corrected chi connectivity index (χ2v) is 7.78. The van der Waals surface area contributed by atoms with Gasteiger partial charge in [0.25, 0.3) is 0 Å². The Hall–Kier alpha value is -1.11. The Kier molecular flexibility index (Phi) is 5.47. The van der Waals surface area contributed by atoms with Crippen LogP contribution in [0.2, 0.25) is 0 Å². The Morgan fingerprint density at radius 2 is 2.05 bits per heavy atom. The molecule has 1 N–H and O–H groups in total. The number of ether oxygens (including phenoxy) is 1. The average molecular weight is 327 g/mol. The SMILES string of the molecule is CCOc1cc(C)c(S(=O)(=O)N2CCCC(CO)C2)cc1C. The third-order valence-corrected chi connectivity index (χ3v) is 6.14. The molecule has 0 saturated carbocycles. The minimum Gasteiger partial charge on any atom is -0.494 e. The van der Waals surface area contributed by atoms with Crippen LogP contribution in [0.15, 0.2) is 17.0 Å². The maximum absolute atomic E-state index is 12.9. The van der Waals surface area contributed by atoms with E-state index in [0.29, 0.717) is 30.2 Å². The molecule has 1 saturated heterocycles. The van der Waals surface area contributed by atoms with Crippen molar-refractivity contribution in [2.45, 2.75) is 38.5 Å². The predicted molar refractivity (Wildman–Crippen MR) is 85.7 cm³/mol. The van der Waals surface area contributed by atoms with Gasteiger partial charge in [-0.25, -0.2) is 8.42 Å². The third kappa shape index (κ3) is 3.45. The minimum atomic E-state index is -3.52. The van der Waals surface area contributed by atoms with E-state index in [1.807, 2.05) is 13.8 Å². The van der Waals surface area contributed by atoms with Gasteiger partial charge in [-0.15, -0.1) is 0 Å². The summed E-state index contributed by atoms with van der Waals surface area (Å²) in [6, 6.07) is 3.48. The van der Waals surface area contributed by atoms with Crippen LogP contribution in [0.4, 0.5) is 0 Å². The second kappa shape index (κ2) is 6.98. The molecule has 22 heavy (non-hydrogen) atoms. The Morgan fingerprint density at radius 1 is 1.32 bits per heavy atom. The molecule has 0 aromatic heterocycles. The predicted octanol–water partition coefficient (Wildman–Crippen LogP) is 2.10. The number of hydrogen-bond acceptors (Lipinski definition) is 4. The standard InChI is InChI=1S/C16H25NO4S/c1-4-21-15-8-13(3)16(9-12(15)2)22(19,20)17-7-5-6-14(10-17)11-18/h8-9,14,18H,4-7,10-11H2,1-3H3. The smallest absolute Gasteiger partial charge is 0.243 e. The number of benzene rings is 1. The topological polar surface area (TPSA) is 66.8 Å². The van der Waals surface area contributed by atoms with Crippen LogP contribution >= 0.6 is 0 Å². The molecule has 1 heterocycles. The Bertz CT molecular complexity index is 627. The van der Waals surface area contributed by atoms with E-state index < -0.39 is 10.0 Å². The summed E-state index contributed by atoms with van der Waals surface area (Å²) < 4.78 is 32.8. The number of sulfonamides is 1. The van der Waals surface area contributed by atoms with Gasteiger partial charge in [-0.2, -0.15) is 4.31 Å². The zero-order valence-electron chi connectivity index (χ0n) is 13.5. The number of hydrogen-bond donors (Lipinski definition) is 1. The number of piperidine rings is 1. The van der Waals surface area contributed by atoms with E-state index in [9.17, 15) is 13.5 Å². The van der Waals surface area contributed by atoms with Crippen molar-refractivity contribution < 1.29 is 18.3 Å². The quantitative estimate of drug-likeness (QED) is 0.899. The van der Waals surface area contributed by atoms with Gasteiger partial charge in [-0.1, -0.05) is 0 Å². The van der Waals surface area contributed by atoms with Gasteiger partial charge in [0, 0.05) is 19.7 Å². The second-order valence-electron chi connectivity index (χ2n) is 5.87. The van der Waals surface area contributed by atoms with Gasteiger partial charge in [-0.3, -0.25) is 0 Å². The molecular formula is C16H25NO4S. The van der Waals surface area contributed by atoms with Crippen LogP contribution in [-0.2, 0) is 10.0 Å². The lowest BCUT2D eigenvalue weighted by Gasteiger charge is -2.31. The maximum atomic E-state index is 12.9. The Morgan fingerprint density at radius 3 is 2.68 bits per heavy atom. The van der Waals surface area contributed by atoms with E-state index in [4.69, 9.17) is 4.74 Å². The van der Waals surface area contributed by atoms with Crippen molar-refractivity contribution in [2.75, 3.05) is 26.3 Å². The highest BCUT2D eigenvalue weighted by Crippen LogP contribution is 2.30. The van der Waals surface area contributed by atoms with Gasteiger partial charge < -0.3 is 9.84 Å². The highest BCUT2D eigenvalue weighted by Gasteiger charge is 2.31. The third-order valence-electron chi connectivity index (χ3n) is 4.13. The molecule has 2 rings (SSSR count). The van der Waals surface area contributed by atoms with E-state index >= 15 is 0 Å². The highest BCUT2D eigenvalue weighted by atomic mass is 32.2. The van der Waals surface area contributed by atoms with Crippen LogP contribution in [0.25, 0.3) is 0 Å². The average Bonchev–Trinajstić information content (AvgIpc) is 2.50. The molecule has 1 aromatic carbocycles. The van der Waals surface area contributed by atoms with Crippen LogP contribution in [-0.4, -0.2) is 44.1 Å². The van der Waals surface area contributed by atoms with E-state index in [2.05, 4.69) is 0 Å². The number of nitrogens with zero attached hydrogens (tertiary/aromatic N) is 1. The Balaban J connectivity index is 2.35. The van der Waals surface area contributed by atoms with Crippen LogP contribution in [0.3, 0.4) is 0 Å². The van der Waals surface area contributed by atoms with Crippen molar-refractivity contribution in [3.8, 4) is 5.75 Å².